The van der Waals surface area contributed by atoms with E-state index in [0.717, 1.165) is 64.2 Å². The zero-order valence-corrected chi connectivity index (χ0v) is 59.6. The number of ether oxygens (including phenoxy) is 6. The molecule has 552 valence electrons. The van der Waals surface area contributed by atoms with Crippen molar-refractivity contribution in [2.75, 3.05) is 33.2 Å². The lowest BCUT2D eigenvalue weighted by Crippen LogP contribution is -2.38. The molecular formula is C70H126N4O21. The van der Waals surface area contributed by atoms with Gasteiger partial charge in [0.1, 0.15) is 42.7 Å². The van der Waals surface area contributed by atoms with E-state index < -0.39 is 60.4 Å². The van der Waals surface area contributed by atoms with Crippen LogP contribution in [0.5, 0.6) is 0 Å². The first-order valence-electron chi connectivity index (χ1n) is 35.7. The molecule has 0 saturated heterocycles. The summed E-state index contributed by atoms with van der Waals surface area (Å²) in [4.78, 5) is 140. The lowest BCUT2D eigenvalue weighted by molar-refractivity contribution is -0.157. The van der Waals surface area contributed by atoms with Crippen LogP contribution < -0.4 is 21.3 Å². The van der Waals surface area contributed by atoms with Crippen molar-refractivity contribution in [1.82, 2.24) is 21.3 Å². The molecule has 95 heavy (non-hydrogen) atoms. The first kappa shape index (κ1) is 93.1. The van der Waals surface area contributed by atoms with Gasteiger partial charge in [0.05, 0.1) is 51.5 Å². The molecule has 25 heteroatoms. The molecule has 25 nitrogen and oxygen atoms in total. The number of carbonyl (C=O) groups is 12. The van der Waals surface area contributed by atoms with Crippen LogP contribution >= 0.6 is 0 Å². The zero-order chi connectivity index (χ0) is 71.9. The Morgan fingerprint density at radius 3 is 1.01 bits per heavy atom. The smallest absolute Gasteiger partial charge is 0.315 e. The van der Waals surface area contributed by atoms with E-state index in [4.69, 9.17) is 28.4 Å². The van der Waals surface area contributed by atoms with E-state index in [2.05, 4.69) is 42.0 Å². The van der Waals surface area contributed by atoms with E-state index in [0.29, 0.717) is 142 Å². The van der Waals surface area contributed by atoms with E-state index in [-0.39, 0.29) is 119 Å². The summed E-state index contributed by atoms with van der Waals surface area (Å²) >= 11 is 0. The summed E-state index contributed by atoms with van der Waals surface area (Å²) in [5, 5.41) is 41.5. The Balaban J connectivity index is -0.00000136. The molecule has 6 unspecified atom stereocenters. The van der Waals surface area contributed by atoms with Crippen molar-refractivity contribution in [1.29, 1.82) is 0 Å². The number of hydrogen-bond donors (Lipinski definition) is 7. The summed E-state index contributed by atoms with van der Waals surface area (Å²) in [6.45, 7) is 18.1. The molecule has 0 spiro atoms. The zero-order valence-electron chi connectivity index (χ0n) is 59.6. The average molecular weight is 1360 g/mol. The standard InChI is InChI=1S/C29H50O9.C22H40N2O7.C19H36N2O5/c1-4-7-8-17-26(38-28(34)19-12-18-27(33)36-20-5-2)25(32)16-10-9-13-23(30)14-11-15-24(31)22-29(35)37-21-6-3;1-4-7-8-12-18(31-21(28)6-3)17(25)11-9-10-13-19(26)23-16-24-20(27)15-22(29)30-14-5-2;1-4-7-8-12-16(26-19(25)6-3)15(22)11-9-10-13-18(24)21-14-20-17(23)5-2/h25-26,32H,4-22H2,1-3H3;17-18,25H,4-16H2,1-3H3,(H,23,26)(H,24,27);15-16,22H,4-14H2,1-3H3,(H,20,23)(H,21,24). The van der Waals surface area contributed by atoms with Crippen LogP contribution in [0.3, 0.4) is 0 Å². The molecule has 0 aliphatic carbocycles. The second-order valence-corrected chi connectivity index (χ2v) is 23.6. The van der Waals surface area contributed by atoms with Gasteiger partial charge >= 0.3 is 35.8 Å². The highest BCUT2D eigenvalue weighted by atomic mass is 16.6. The molecule has 0 radical (unpaired) electrons. The maximum absolute atomic E-state index is 12.3. The number of nitrogens with one attached hydrogen (secondary N) is 4. The van der Waals surface area contributed by atoms with E-state index in [9.17, 15) is 72.9 Å². The largest absolute Gasteiger partial charge is 0.466 e. The van der Waals surface area contributed by atoms with E-state index in [1.807, 2.05) is 20.8 Å². The molecule has 0 aliphatic rings. The Morgan fingerprint density at radius 2 is 0.611 bits per heavy atom. The van der Waals surface area contributed by atoms with Gasteiger partial charge in [0.15, 0.2) is 0 Å². The summed E-state index contributed by atoms with van der Waals surface area (Å²) < 4.78 is 31.0. The second-order valence-electron chi connectivity index (χ2n) is 23.6. The minimum atomic E-state index is -0.814. The van der Waals surface area contributed by atoms with Gasteiger partial charge in [-0.1, -0.05) is 120 Å². The average Bonchev–Trinajstić information content (AvgIpc) is 1.54. The molecule has 4 amide bonds. The SMILES string of the molecule is CCCCCC(OC(=O)CC)C(O)CCCCC(=O)NCNC(=O)CC.CCCCCC(OC(=O)CC)C(O)CCCCC(=O)NCNC(=O)CC(=O)OCCC.CCCCCC(OC(=O)CCCC(=O)OCCC)C(O)CCCCC(=O)CCCC(=O)CC(=O)OCCC. The van der Waals surface area contributed by atoms with Crippen LogP contribution in [-0.2, 0) is 86.0 Å². The number of aliphatic hydroxyl groups is 3. The van der Waals surface area contributed by atoms with Crippen LogP contribution in [0.25, 0.3) is 0 Å². The number of rotatable bonds is 58. The number of amides is 4. The highest BCUT2D eigenvalue weighted by molar-refractivity contribution is 5.96. The first-order chi connectivity index (χ1) is 45.5. The fourth-order valence-corrected chi connectivity index (χ4v) is 9.05. The van der Waals surface area contributed by atoms with Crippen molar-refractivity contribution in [2.45, 2.75) is 343 Å². The van der Waals surface area contributed by atoms with Gasteiger partial charge in [-0.2, -0.15) is 0 Å². The fraction of sp³-hybridized carbons (Fsp3) is 0.829. The van der Waals surface area contributed by atoms with Gasteiger partial charge in [-0.25, -0.2) is 0 Å². The van der Waals surface area contributed by atoms with Crippen LogP contribution in [0.15, 0.2) is 0 Å². The van der Waals surface area contributed by atoms with Gasteiger partial charge in [-0.15, -0.1) is 0 Å². The lowest BCUT2D eigenvalue weighted by Gasteiger charge is -2.23. The van der Waals surface area contributed by atoms with Crippen LogP contribution in [0.1, 0.15) is 306 Å². The normalized spacial score (nSPS) is 12.6. The van der Waals surface area contributed by atoms with Crippen LogP contribution in [-0.4, -0.2) is 156 Å². The van der Waals surface area contributed by atoms with E-state index in [1.54, 1.807) is 20.8 Å². The van der Waals surface area contributed by atoms with Crippen LogP contribution in [0.4, 0.5) is 0 Å². The highest BCUT2D eigenvalue weighted by Crippen LogP contribution is 2.21. The van der Waals surface area contributed by atoms with Gasteiger partial charge in [0.2, 0.25) is 23.6 Å². The topological polar surface area (TPSA) is 369 Å². The Kier molecular flexibility index (Phi) is 63.9. The second kappa shape index (κ2) is 65.2. The van der Waals surface area contributed by atoms with Gasteiger partial charge in [0.25, 0.3) is 0 Å². The summed E-state index contributed by atoms with van der Waals surface area (Å²) in [6, 6.07) is 0. The van der Waals surface area contributed by atoms with E-state index in [1.165, 1.54) is 0 Å². The van der Waals surface area contributed by atoms with Crippen molar-refractivity contribution in [3.63, 3.8) is 0 Å². The van der Waals surface area contributed by atoms with Gasteiger partial charge in [0, 0.05) is 64.2 Å². The van der Waals surface area contributed by atoms with Crippen LogP contribution in [0, 0.1) is 0 Å². The predicted octanol–water partition coefficient (Wildman–Crippen LogP) is 9.93. The number of hydrogen-bond acceptors (Lipinski definition) is 21. The number of aliphatic hydroxyl groups excluding tert-OH is 3. The number of esters is 6. The molecule has 0 fully saturated rings. The minimum absolute atomic E-state index is 0.0456. The van der Waals surface area contributed by atoms with Gasteiger partial charge < -0.3 is 65.0 Å². The quantitative estimate of drug-likeness (QED) is 0.00978. The summed E-state index contributed by atoms with van der Waals surface area (Å²) in [5.41, 5.74) is 0. The fourth-order valence-electron chi connectivity index (χ4n) is 9.05. The highest BCUT2D eigenvalue weighted by Gasteiger charge is 2.26. The minimum Gasteiger partial charge on any atom is -0.466 e. The summed E-state index contributed by atoms with van der Waals surface area (Å²) in [6.07, 6.45) is 16.7. The number of unbranched alkanes of at least 4 members (excludes halogenated alkanes) is 9. The number of Topliss-reactive ketones (excluding diaryl/α,β-unsaturated/α-hetero) is 2. The molecule has 6 atom stereocenters. The van der Waals surface area contributed by atoms with Crippen molar-refractivity contribution in [2.24, 2.45) is 0 Å². The predicted molar refractivity (Wildman–Crippen MR) is 359 cm³/mol. The van der Waals surface area contributed by atoms with Crippen molar-refractivity contribution in [3.8, 4) is 0 Å². The first-order valence-corrected chi connectivity index (χ1v) is 35.7. The molecule has 0 aliphatic heterocycles. The maximum atomic E-state index is 12.3. The third kappa shape index (κ3) is 60.1. The van der Waals surface area contributed by atoms with Gasteiger partial charge in [-0.3, -0.25) is 57.5 Å². The Bertz CT molecular complexity index is 2090. The summed E-state index contributed by atoms with van der Waals surface area (Å²) in [7, 11) is 0. The third-order valence-corrected chi connectivity index (χ3v) is 14.7. The summed E-state index contributed by atoms with van der Waals surface area (Å²) in [5.74, 6) is -3.65. The molecule has 0 aromatic heterocycles. The number of carbonyl (C=O) groups excluding carboxylic acids is 12. The Hall–Kier alpha value is -6.08. The van der Waals surface area contributed by atoms with Crippen molar-refractivity contribution in [3.05, 3.63) is 0 Å². The molecule has 0 aromatic rings. The molecule has 0 saturated carbocycles. The number of ketones is 2. The molecule has 0 bridgehead atoms. The Labute approximate surface area is 567 Å². The van der Waals surface area contributed by atoms with E-state index >= 15 is 0 Å². The molecule has 0 aromatic carbocycles. The van der Waals surface area contributed by atoms with Crippen molar-refractivity contribution < 1.29 is 101 Å². The third-order valence-electron chi connectivity index (χ3n) is 14.7. The molecule has 0 heterocycles. The van der Waals surface area contributed by atoms with Crippen molar-refractivity contribution >= 4 is 71.0 Å². The maximum Gasteiger partial charge on any atom is 0.315 e. The van der Waals surface area contributed by atoms with Crippen LogP contribution in [0.2, 0.25) is 0 Å². The monoisotopic (exact) mass is 1360 g/mol. The molecule has 7 N–H and O–H groups in total. The van der Waals surface area contributed by atoms with Gasteiger partial charge in [-0.05, 0) is 109 Å². The molecular weight excluding hydrogens is 1230 g/mol. The molecule has 0 rings (SSSR count). The Morgan fingerprint density at radius 1 is 0.284 bits per heavy atom. The lowest BCUT2D eigenvalue weighted by atomic mass is 9.99.